The zero-order valence-corrected chi connectivity index (χ0v) is 16.2. The predicted molar refractivity (Wildman–Crippen MR) is 109 cm³/mol. The zero-order chi connectivity index (χ0) is 20.1. The van der Waals surface area contributed by atoms with E-state index < -0.39 is 5.82 Å². The Kier molecular flexibility index (Phi) is 6.00. The van der Waals surface area contributed by atoms with Gasteiger partial charge in [0.1, 0.15) is 12.4 Å². The van der Waals surface area contributed by atoms with Crippen molar-refractivity contribution >= 4 is 5.78 Å². The Morgan fingerprint density at radius 3 is 2.83 bits per heavy atom. The summed E-state index contributed by atoms with van der Waals surface area (Å²) in [5.41, 5.74) is 2.24. The number of nitrogens with one attached hydrogen (secondary N) is 2. The van der Waals surface area contributed by atoms with Crippen LogP contribution in [0.25, 0.3) is 0 Å². The molecule has 5 nitrogen and oxygen atoms in total. The van der Waals surface area contributed by atoms with Crippen LogP contribution in [0.5, 0.6) is 5.88 Å². The maximum absolute atomic E-state index is 14.5. The maximum Gasteiger partial charge on any atom is 0.213 e. The summed E-state index contributed by atoms with van der Waals surface area (Å²) in [5, 5.41) is 6.33. The van der Waals surface area contributed by atoms with Crippen LogP contribution in [-0.2, 0) is 6.61 Å². The van der Waals surface area contributed by atoms with Crippen LogP contribution in [0.3, 0.4) is 0 Å². The number of nitrogens with zero attached hydrogens (tertiary/aromatic N) is 1. The fourth-order valence-electron chi connectivity index (χ4n) is 3.59. The lowest BCUT2D eigenvalue weighted by Gasteiger charge is -2.22. The van der Waals surface area contributed by atoms with Crippen LogP contribution in [0.15, 0.2) is 60.3 Å². The maximum atomic E-state index is 14.5. The van der Waals surface area contributed by atoms with E-state index in [2.05, 4.69) is 15.6 Å². The van der Waals surface area contributed by atoms with E-state index in [1.54, 1.807) is 30.5 Å². The van der Waals surface area contributed by atoms with Crippen LogP contribution < -0.4 is 15.4 Å². The van der Waals surface area contributed by atoms with Crippen LogP contribution in [0.1, 0.15) is 40.4 Å². The standard InChI is InChI=1S/C23H24FN3O2/c24-20-13-17(23(28)18-3-2-10-26-14-18)6-7-19(20)15-29-22-5-1-4-21(27-22)16-8-11-25-12-9-16/h1-7,13-14,16,25-26H,8-12,15H2. The van der Waals surface area contributed by atoms with Crippen molar-refractivity contribution in [2.75, 3.05) is 19.6 Å². The number of aromatic nitrogens is 1. The fraction of sp³-hybridized carbons (Fsp3) is 0.304. The number of carbonyl (C=O) groups is 1. The molecule has 1 fully saturated rings. The van der Waals surface area contributed by atoms with E-state index in [1.165, 1.54) is 6.07 Å². The number of Topliss-reactive ketones (excluding diaryl/α,β-unsaturated/α-hetero) is 1. The minimum atomic E-state index is -0.460. The third-order valence-corrected chi connectivity index (χ3v) is 5.25. The molecule has 0 bridgehead atoms. The van der Waals surface area contributed by atoms with Crippen LogP contribution in [0.2, 0.25) is 0 Å². The van der Waals surface area contributed by atoms with Crippen molar-refractivity contribution in [1.82, 2.24) is 15.6 Å². The lowest BCUT2D eigenvalue weighted by atomic mass is 9.94. The van der Waals surface area contributed by atoms with Crippen LogP contribution in [0, 0.1) is 5.82 Å². The van der Waals surface area contributed by atoms with Gasteiger partial charge in [-0.15, -0.1) is 0 Å². The summed E-state index contributed by atoms with van der Waals surface area (Å²) >= 11 is 0. The number of hydrogen-bond donors (Lipinski definition) is 2. The fourth-order valence-corrected chi connectivity index (χ4v) is 3.59. The molecule has 0 unspecified atom stereocenters. The second-order valence-corrected chi connectivity index (χ2v) is 7.26. The van der Waals surface area contributed by atoms with Gasteiger partial charge in [-0.05, 0) is 38.1 Å². The molecule has 0 radical (unpaired) electrons. The van der Waals surface area contributed by atoms with E-state index in [0.717, 1.165) is 31.6 Å². The monoisotopic (exact) mass is 393 g/mol. The first kappa shape index (κ1) is 19.3. The first-order valence-electron chi connectivity index (χ1n) is 9.94. The first-order valence-corrected chi connectivity index (χ1v) is 9.94. The van der Waals surface area contributed by atoms with E-state index in [9.17, 15) is 9.18 Å². The summed E-state index contributed by atoms with van der Waals surface area (Å²) in [6.07, 6.45) is 7.37. The third kappa shape index (κ3) is 4.71. The number of ketones is 1. The number of ether oxygens (including phenoxy) is 1. The minimum absolute atomic E-state index is 0.0626. The lowest BCUT2D eigenvalue weighted by Crippen LogP contribution is -2.27. The van der Waals surface area contributed by atoms with Gasteiger partial charge in [0.2, 0.25) is 5.88 Å². The van der Waals surface area contributed by atoms with Crippen molar-refractivity contribution < 1.29 is 13.9 Å². The molecule has 0 aliphatic carbocycles. The quantitative estimate of drug-likeness (QED) is 0.736. The Labute approximate surface area is 169 Å². The van der Waals surface area contributed by atoms with Crippen molar-refractivity contribution in [1.29, 1.82) is 0 Å². The summed E-state index contributed by atoms with van der Waals surface area (Å²) in [6, 6.07) is 10.2. The Balaban J connectivity index is 1.42. The molecule has 0 spiro atoms. The first-order chi connectivity index (χ1) is 14.2. The molecule has 4 rings (SSSR count). The molecule has 1 saturated heterocycles. The molecule has 29 heavy (non-hydrogen) atoms. The van der Waals surface area contributed by atoms with Gasteiger partial charge < -0.3 is 15.4 Å². The van der Waals surface area contributed by atoms with Crippen LogP contribution >= 0.6 is 0 Å². The summed E-state index contributed by atoms with van der Waals surface area (Å²) in [7, 11) is 0. The van der Waals surface area contributed by atoms with Gasteiger partial charge in [-0.3, -0.25) is 4.79 Å². The van der Waals surface area contributed by atoms with Gasteiger partial charge in [0.15, 0.2) is 5.78 Å². The molecule has 6 heteroatoms. The van der Waals surface area contributed by atoms with Crippen molar-refractivity contribution in [2.24, 2.45) is 0 Å². The van der Waals surface area contributed by atoms with Crippen molar-refractivity contribution in [3.63, 3.8) is 0 Å². The number of halogens is 1. The predicted octanol–water partition coefficient (Wildman–Crippen LogP) is 3.49. The van der Waals surface area contributed by atoms with E-state index in [0.29, 0.717) is 35.0 Å². The Morgan fingerprint density at radius 2 is 2.07 bits per heavy atom. The van der Waals surface area contributed by atoms with Gasteiger partial charge in [-0.25, -0.2) is 9.37 Å². The van der Waals surface area contributed by atoms with Gasteiger partial charge in [0.05, 0.1) is 0 Å². The number of carbonyl (C=O) groups excluding carboxylic acids is 1. The molecule has 1 aromatic carbocycles. The largest absolute Gasteiger partial charge is 0.473 e. The summed E-state index contributed by atoms with van der Waals surface area (Å²) in [4.78, 5) is 17.1. The average molecular weight is 393 g/mol. The van der Waals surface area contributed by atoms with Crippen molar-refractivity contribution in [3.8, 4) is 5.88 Å². The van der Waals surface area contributed by atoms with E-state index in [1.807, 2.05) is 18.2 Å². The molecule has 2 aliphatic rings. The topological polar surface area (TPSA) is 63.2 Å². The highest BCUT2D eigenvalue weighted by Crippen LogP contribution is 2.25. The number of allylic oxidation sites excluding steroid dienone is 2. The Hall–Kier alpha value is -2.99. The number of piperidine rings is 1. The molecule has 1 aromatic heterocycles. The third-order valence-electron chi connectivity index (χ3n) is 5.25. The molecular weight excluding hydrogens is 369 g/mol. The van der Waals surface area contributed by atoms with Crippen molar-refractivity contribution in [2.45, 2.75) is 25.4 Å². The SMILES string of the molecule is O=C(C1=CNCC=C1)c1ccc(COc2cccc(C3CCNCC3)n2)c(F)c1. The number of hydrogen-bond acceptors (Lipinski definition) is 5. The number of dihydropyridines is 1. The molecule has 0 atom stereocenters. The molecule has 3 heterocycles. The molecule has 0 amide bonds. The second-order valence-electron chi connectivity index (χ2n) is 7.26. The molecule has 2 aliphatic heterocycles. The van der Waals surface area contributed by atoms with Gasteiger partial charge in [-0.2, -0.15) is 0 Å². The van der Waals surface area contributed by atoms with Crippen LogP contribution in [0.4, 0.5) is 4.39 Å². The van der Waals surface area contributed by atoms with Crippen molar-refractivity contribution in [3.05, 3.63) is 83.0 Å². The highest BCUT2D eigenvalue weighted by molar-refractivity contribution is 6.10. The summed E-state index contributed by atoms with van der Waals surface area (Å²) in [5.74, 6) is 0.249. The molecule has 2 N–H and O–H groups in total. The van der Waals surface area contributed by atoms with Gasteiger partial charge >= 0.3 is 0 Å². The number of rotatable bonds is 6. The Bertz CT molecular complexity index is 949. The Morgan fingerprint density at radius 1 is 1.21 bits per heavy atom. The van der Waals surface area contributed by atoms with Gasteiger partial charge in [0.25, 0.3) is 0 Å². The van der Waals surface area contributed by atoms with Gasteiger partial charge in [0, 0.05) is 47.1 Å². The molecule has 0 saturated carbocycles. The average Bonchev–Trinajstić information content (AvgIpc) is 2.79. The minimum Gasteiger partial charge on any atom is -0.473 e. The number of pyridine rings is 1. The summed E-state index contributed by atoms with van der Waals surface area (Å²) < 4.78 is 20.3. The highest BCUT2D eigenvalue weighted by atomic mass is 19.1. The molecule has 150 valence electrons. The molecular formula is C23H24FN3O2. The molecule has 2 aromatic rings. The summed E-state index contributed by atoms with van der Waals surface area (Å²) in [6.45, 7) is 2.74. The normalized spacial score (nSPS) is 16.8. The van der Waals surface area contributed by atoms with E-state index >= 15 is 0 Å². The van der Waals surface area contributed by atoms with E-state index in [-0.39, 0.29) is 12.4 Å². The smallest absolute Gasteiger partial charge is 0.213 e. The zero-order valence-electron chi connectivity index (χ0n) is 16.2. The van der Waals surface area contributed by atoms with E-state index in [4.69, 9.17) is 4.74 Å². The lowest BCUT2D eigenvalue weighted by molar-refractivity contribution is 0.103. The van der Waals surface area contributed by atoms with Gasteiger partial charge in [-0.1, -0.05) is 30.4 Å². The highest BCUT2D eigenvalue weighted by Gasteiger charge is 2.17. The second kappa shape index (κ2) is 9.01. The number of benzene rings is 1. The van der Waals surface area contributed by atoms with Crippen LogP contribution in [-0.4, -0.2) is 30.4 Å².